The van der Waals surface area contributed by atoms with E-state index in [-0.39, 0.29) is 26.6 Å². The standard InChI is InChI=1S/C22H20Cl3N5O/c1-2-30(13-15-6-4-3-5-7-15)16-10-8-14(9-11-16)12-27-29-22(31)20-17(23)19(26)18(24)21(25)28-20/h3-12H,2,13H2,1H3,(H2,26,28)(H,29,31). The number of pyridine rings is 1. The molecule has 1 aromatic heterocycles. The first-order valence-electron chi connectivity index (χ1n) is 9.43. The van der Waals surface area contributed by atoms with Gasteiger partial charge in [-0.2, -0.15) is 5.10 Å². The van der Waals surface area contributed by atoms with Crippen molar-refractivity contribution in [2.45, 2.75) is 13.5 Å². The zero-order chi connectivity index (χ0) is 22.4. The van der Waals surface area contributed by atoms with Crippen LogP contribution >= 0.6 is 34.8 Å². The van der Waals surface area contributed by atoms with Crippen LogP contribution in [0.3, 0.4) is 0 Å². The van der Waals surface area contributed by atoms with Crippen molar-refractivity contribution in [1.82, 2.24) is 10.4 Å². The number of nitrogen functional groups attached to an aromatic ring is 1. The fraction of sp³-hybridized carbons (Fsp3) is 0.136. The number of carbonyl (C=O) groups is 1. The van der Waals surface area contributed by atoms with E-state index in [4.69, 9.17) is 40.5 Å². The van der Waals surface area contributed by atoms with E-state index in [1.165, 1.54) is 11.8 Å². The van der Waals surface area contributed by atoms with Gasteiger partial charge in [-0.3, -0.25) is 4.79 Å². The molecule has 0 unspecified atom stereocenters. The number of nitrogens with one attached hydrogen (secondary N) is 1. The highest BCUT2D eigenvalue weighted by atomic mass is 35.5. The molecule has 0 spiro atoms. The van der Waals surface area contributed by atoms with Gasteiger partial charge in [0.2, 0.25) is 0 Å². The van der Waals surface area contributed by atoms with Gasteiger partial charge in [0.25, 0.3) is 5.91 Å². The minimum absolute atomic E-state index is 0.000181. The van der Waals surface area contributed by atoms with Crippen LogP contribution in [0.25, 0.3) is 0 Å². The highest BCUT2D eigenvalue weighted by Crippen LogP contribution is 2.34. The minimum Gasteiger partial charge on any atom is -0.396 e. The lowest BCUT2D eigenvalue weighted by Gasteiger charge is -2.23. The molecule has 0 fully saturated rings. The molecule has 9 heteroatoms. The molecule has 2 aromatic carbocycles. The lowest BCUT2D eigenvalue weighted by molar-refractivity contribution is 0.0950. The van der Waals surface area contributed by atoms with Gasteiger partial charge in [-0.05, 0) is 30.2 Å². The van der Waals surface area contributed by atoms with Crippen molar-refractivity contribution < 1.29 is 4.79 Å². The second kappa shape index (κ2) is 10.5. The van der Waals surface area contributed by atoms with E-state index in [0.717, 1.165) is 24.3 Å². The molecule has 0 aliphatic heterocycles. The van der Waals surface area contributed by atoms with Crippen LogP contribution in [0.15, 0.2) is 59.7 Å². The van der Waals surface area contributed by atoms with Crippen molar-refractivity contribution in [1.29, 1.82) is 0 Å². The largest absolute Gasteiger partial charge is 0.396 e. The summed E-state index contributed by atoms with van der Waals surface area (Å²) in [6, 6.07) is 18.1. The normalized spacial score (nSPS) is 11.0. The van der Waals surface area contributed by atoms with Crippen LogP contribution in [0.4, 0.5) is 11.4 Å². The topological polar surface area (TPSA) is 83.6 Å². The van der Waals surface area contributed by atoms with Crippen molar-refractivity contribution in [3.05, 3.63) is 86.6 Å². The van der Waals surface area contributed by atoms with Gasteiger partial charge in [-0.1, -0.05) is 77.3 Å². The Morgan fingerprint density at radius 1 is 1.10 bits per heavy atom. The molecule has 3 N–H and O–H groups in total. The Balaban J connectivity index is 1.65. The molecule has 0 aliphatic rings. The van der Waals surface area contributed by atoms with E-state index in [0.29, 0.717) is 0 Å². The zero-order valence-electron chi connectivity index (χ0n) is 16.6. The molecular weight excluding hydrogens is 457 g/mol. The molecule has 1 heterocycles. The summed E-state index contributed by atoms with van der Waals surface area (Å²) in [4.78, 5) is 18.4. The summed E-state index contributed by atoms with van der Waals surface area (Å²) >= 11 is 17.8. The molecule has 0 radical (unpaired) electrons. The summed E-state index contributed by atoms with van der Waals surface area (Å²) in [5.41, 5.74) is 11.1. The maximum absolute atomic E-state index is 12.3. The monoisotopic (exact) mass is 475 g/mol. The highest BCUT2D eigenvalue weighted by molar-refractivity contribution is 6.46. The number of hydrogen-bond acceptors (Lipinski definition) is 5. The first-order chi connectivity index (χ1) is 14.9. The van der Waals surface area contributed by atoms with Gasteiger partial charge in [0.15, 0.2) is 10.8 Å². The Bertz CT molecular complexity index is 1090. The maximum Gasteiger partial charge on any atom is 0.291 e. The molecule has 1 amide bonds. The van der Waals surface area contributed by atoms with Crippen LogP contribution in [0.5, 0.6) is 0 Å². The van der Waals surface area contributed by atoms with Gasteiger partial charge < -0.3 is 10.6 Å². The van der Waals surface area contributed by atoms with Crippen molar-refractivity contribution >= 4 is 58.3 Å². The molecule has 0 bridgehead atoms. The Morgan fingerprint density at radius 2 is 1.77 bits per heavy atom. The second-order valence-corrected chi connectivity index (χ2v) is 7.70. The summed E-state index contributed by atoms with van der Waals surface area (Å²) < 4.78 is 0. The molecular formula is C22H20Cl3N5O. The average Bonchev–Trinajstić information content (AvgIpc) is 2.79. The smallest absolute Gasteiger partial charge is 0.291 e. The lowest BCUT2D eigenvalue weighted by Crippen LogP contribution is -2.22. The third kappa shape index (κ3) is 5.67. The van der Waals surface area contributed by atoms with Crippen molar-refractivity contribution in [3.63, 3.8) is 0 Å². The summed E-state index contributed by atoms with van der Waals surface area (Å²) in [7, 11) is 0. The number of amides is 1. The van der Waals surface area contributed by atoms with Crippen molar-refractivity contribution in [2.75, 3.05) is 17.2 Å². The van der Waals surface area contributed by atoms with E-state index in [9.17, 15) is 4.79 Å². The number of carbonyl (C=O) groups excluding carboxylic acids is 1. The molecule has 6 nitrogen and oxygen atoms in total. The van der Waals surface area contributed by atoms with Crippen LogP contribution in [0.1, 0.15) is 28.5 Å². The van der Waals surface area contributed by atoms with Crippen LogP contribution in [-0.4, -0.2) is 23.7 Å². The van der Waals surface area contributed by atoms with E-state index >= 15 is 0 Å². The number of hydrazone groups is 1. The van der Waals surface area contributed by atoms with Gasteiger partial charge in [0.05, 0.1) is 16.9 Å². The molecule has 0 aliphatic carbocycles. The molecule has 160 valence electrons. The van der Waals surface area contributed by atoms with Gasteiger partial charge in [0.1, 0.15) is 5.02 Å². The maximum atomic E-state index is 12.3. The summed E-state index contributed by atoms with van der Waals surface area (Å²) in [6.45, 7) is 3.81. The Hall–Kier alpha value is -2.80. The van der Waals surface area contributed by atoms with Crippen LogP contribution in [0, 0.1) is 0 Å². The fourth-order valence-electron chi connectivity index (χ4n) is 2.86. The highest BCUT2D eigenvalue weighted by Gasteiger charge is 2.19. The number of benzene rings is 2. The molecule has 0 saturated carbocycles. The quantitative estimate of drug-likeness (QED) is 0.271. The number of halogens is 3. The van der Waals surface area contributed by atoms with Crippen LogP contribution < -0.4 is 16.1 Å². The molecule has 3 aromatic rings. The molecule has 0 saturated heterocycles. The van der Waals surface area contributed by atoms with E-state index in [2.05, 4.69) is 39.5 Å². The summed E-state index contributed by atoms with van der Waals surface area (Å²) in [5.74, 6) is -0.650. The number of rotatable bonds is 7. The van der Waals surface area contributed by atoms with Crippen molar-refractivity contribution in [2.24, 2.45) is 5.10 Å². The number of hydrogen-bond donors (Lipinski definition) is 2. The summed E-state index contributed by atoms with van der Waals surface area (Å²) in [5, 5.41) is 3.76. The molecule has 0 atom stereocenters. The zero-order valence-corrected chi connectivity index (χ0v) is 18.9. The number of nitrogens with two attached hydrogens (primary N) is 1. The predicted molar refractivity (Wildman–Crippen MR) is 128 cm³/mol. The molecule has 3 rings (SSSR count). The third-order valence-corrected chi connectivity index (χ3v) is 5.66. The Morgan fingerprint density at radius 3 is 2.42 bits per heavy atom. The van der Waals surface area contributed by atoms with E-state index in [1.807, 2.05) is 42.5 Å². The average molecular weight is 477 g/mol. The van der Waals surface area contributed by atoms with Gasteiger partial charge in [-0.15, -0.1) is 0 Å². The third-order valence-electron chi connectivity index (χ3n) is 4.52. The second-order valence-electron chi connectivity index (χ2n) is 6.58. The van der Waals surface area contributed by atoms with Crippen LogP contribution in [-0.2, 0) is 6.54 Å². The van der Waals surface area contributed by atoms with Gasteiger partial charge in [0, 0.05) is 18.8 Å². The number of nitrogens with zero attached hydrogens (tertiary/aromatic N) is 3. The van der Waals surface area contributed by atoms with Crippen molar-refractivity contribution in [3.8, 4) is 0 Å². The van der Waals surface area contributed by atoms with Gasteiger partial charge >= 0.3 is 0 Å². The Labute approximate surface area is 195 Å². The van der Waals surface area contributed by atoms with E-state index < -0.39 is 5.91 Å². The molecule has 31 heavy (non-hydrogen) atoms. The number of anilines is 2. The minimum atomic E-state index is -0.650. The first-order valence-corrected chi connectivity index (χ1v) is 10.6. The lowest BCUT2D eigenvalue weighted by atomic mass is 10.1. The van der Waals surface area contributed by atoms with Gasteiger partial charge in [-0.25, -0.2) is 10.4 Å². The van der Waals surface area contributed by atoms with E-state index in [1.54, 1.807) is 0 Å². The Kier molecular flexibility index (Phi) is 7.74. The fourth-order valence-corrected chi connectivity index (χ4v) is 3.45. The summed E-state index contributed by atoms with van der Waals surface area (Å²) in [6.07, 6.45) is 1.52. The SMILES string of the molecule is CCN(Cc1ccccc1)c1ccc(C=NNC(=O)c2nc(Cl)c(Cl)c(N)c2Cl)cc1. The van der Waals surface area contributed by atoms with Crippen LogP contribution in [0.2, 0.25) is 15.2 Å². The number of aromatic nitrogens is 1. The first kappa shape index (κ1) is 22.9. The predicted octanol–water partition coefficient (Wildman–Crippen LogP) is 5.41.